The van der Waals surface area contributed by atoms with Crippen molar-refractivity contribution in [1.82, 2.24) is 10.2 Å². The number of hydrogen-bond acceptors (Lipinski definition) is 2. The van der Waals surface area contributed by atoms with Crippen molar-refractivity contribution < 1.29 is 4.79 Å². The second-order valence-electron chi connectivity index (χ2n) is 6.78. The highest BCUT2D eigenvalue weighted by Gasteiger charge is 2.45. The van der Waals surface area contributed by atoms with E-state index in [1.54, 1.807) is 26.0 Å². The van der Waals surface area contributed by atoms with Crippen molar-refractivity contribution in [3.63, 3.8) is 0 Å². The Morgan fingerprint density at radius 3 is 2.65 bits per heavy atom. The number of para-hydroxylation sites is 1. The maximum Gasteiger partial charge on any atom is 0.241 e. The minimum absolute atomic E-state index is 0.0502. The van der Waals surface area contributed by atoms with Crippen LogP contribution in [0, 0.1) is 0 Å². The van der Waals surface area contributed by atoms with Crippen LogP contribution in [0.5, 0.6) is 0 Å². The van der Waals surface area contributed by atoms with E-state index in [4.69, 9.17) is 0 Å². The third-order valence-electron chi connectivity index (χ3n) is 5.15. The molecule has 1 N–H and O–H groups in total. The summed E-state index contributed by atoms with van der Waals surface area (Å²) in [6.45, 7) is 1.23. The second kappa shape index (κ2) is 6.22. The Labute approximate surface area is 138 Å². The van der Waals surface area contributed by atoms with Crippen molar-refractivity contribution >= 4 is 17.6 Å². The summed E-state index contributed by atoms with van der Waals surface area (Å²) in [5.41, 5.74) is 2.94. The molecule has 0 radical (unpaired) electrons. The van der Waals surface area contributed by atoms with Gasteiger partial charge in [-0.05, 0) is 24.5 Å². The molecule has 1 amide bonds. The van der Waals surface area contributed by atoms with E-state index < -0.39 is 0 Å². The van der Waals surface area contributed by atoms with Gasteiger partial charge < -0.3 is 15.1 Å². The van der Waals surface area contributed by atoms with Crippen LogP contribution in [0.1, 0.15) is 31.2 Å². The molecule has 1 aromatic carbocycles. The molecule has 0 aromatic heterocycles. The van der Waals surface area contributed by atoms with Crippen LogP contribution in [0.25, 0.3) is 0 Å². The fourth-order valence-electron chi connectivity index (χ4n) is 3.91. The number of nitrogens with zero attached hydrogens (tertiary/aromatic N) is 3. The maximum atomic E-state index is 11.9. The van der Waals surface area contributed by atoms with Gasteiger partial charge in [0.25, 0.3) is 0 Å². The zero-order valence-corrected chi connectivity index (χ0v) is 14.3. The lowest BCUT2D eigenvalue weighted by Gasteiger charge is -2.26. The largest absolute Gasteiger partial charge is 0.347 e. The quantitative estimate of drug-likeness (QED) is 0.671. The molecule has 2 aliphatic rings. The van der Waals surface area contributed by atoms with Crippen molar-refractivity contribution in [3.8, 4) is 0 Å². The number of nitrogens with one attached hydrogen (secondary N) is 1. The highest BCUT2D eigenvalue weighted by Crippen LogP contribution is 2.50. The predicted molar refractivity (Wildman–Crippen MR) is 94.0 cm³/mol. The van der Waals surface area contributed by atoms with Crippen molar-refractivity contribution in [2.75, 3.05) is 39.1 Å². The van der Waals surface area contributed by atoms with Gasteiger partial charge in [0.15, 0.2) is 5.96 Å². The average Bonchev–Trinajstić information content (AvgIpc) is 3.15. The van der Waals surface area contributed by atoms with Crippen molar-refractivity contribution in [2.45, 2.75) is 31.1 Å². The zero-order valence-electron chi connectivity index (χ0n) is 14.3. The Hall–Kier alpha value is -2.04. The molecule has 1 saturated carbocycles. The first-order valence-corrected chi connectivity index (χ1v) is 8.35. The van der Waals surface area contributed by atoms with Crippen LogP contribution in [0.3, 0.4) is 0 Å². The molecule has 1 fully saturated rings. The fourth-order valence-corrected chi connectivity index (χ4v) is 3.91. The summed E-state index contributed by atoms with van der Waals surface area (Å²) in [6.07, 6.45) is 5.09. The van der Waals surface area contributed by atoms with Gasteiger partial charge in [-0.1, -0.05) is 31.0 Å². The Morgan fingerprint density at radius 1 is 1.30 bits per heavy atom. The number of carbonyl (C=O) groups excluding carboxylic acids is 1. The van der Waals surface area contributed by atoms with E-state index in [0.29, 0.717) is 0 Å². The topological polar surface area (TPSA) is 47.9 Å². The standard InChI is InChI=1S/C18H26N4O/c1-19-17(20-12-16(23)21(2)3)22-13-18(10-6-7-11-18)14-8-4-5-9-15(14)22/h4-5,8-9H,6-7,10-13H2,1-3H3,(H,19,20). The lowest BCUT2D eigenvalue weighted by Crippen LogP contribution is -2.46. The molecule has 23 heavy (non-hydrogen) atoms. The van der Waals surface area contributed by atoms with E-state index >= 15 is 0 Å². The first-order chi connectivity index (χ1) is 11.1. The molecule has 0 bridgehead atoms. The van der Waals surface area contributed by atoms with Crippen molar-refractivity contribution in [1.29, 1.82) is 0 Å². The van der Waals surface area contributed by atoms with Gasteiger partial charge >= 0.3 is 0 Å². The molecule has 5 nitrogen and oxygen atoms in total. The predicted octanol–water partition coefficient (Wildman–Crippen LogP) is 1.98. The zero-order chi connectivity index (χ0) is 16.4. The van der Waals surface area contributed by atoms with E-state index in [-0.39, 0.29) is 17.9 Å². The van der Waals surface area contributed by atoms with Crippen LogP contribution in [0.4, 0.5) is 5.69 Å². The Bertz CT molecular complexity index is 617. The molecule has 3 rings (SSSR count). The van der Waals surface area contributed by atoms with Gasteiger partial charge in [-0.25, -0.2) is 0 Å². The minimum Gasteiger partial charge on any atom is -0.347 e. The molecule has 0 unspecified atom stereocenters. The molecule has 1 aliphatic heterocycles. The number of guanidine groups is 1. The summed E-state index contributed by atoms with van der Waals surface area (Å²) in [6, 6.07) is 8.65. The van der Waals surface area contributed by atoms with E-state index in [1.807, 2.05) is 0 Å². The summed E-state index contributed by atoms with van der Waals surface area (Å²) < 4.78 is 0. The van der Waals surface area contributed by atoms with E-state index in [1.165, 1.54) is 36.9 Å². The van der Waals surface area contributed by atoms with Gasteiger partial charge in [0.2, 0.25) is 5.91 Å². The monoisotopic (exact) mass is 314 g/mol. The SMILES string of the molecule is CN=C(NCC(=O)N(C)C)N1CC2(CCCC2)c2ccccc21. The summed E-state index contributed by atoms with van der Waals surface area (Å²) in [7, 11) is 5.32. The van der Waals surface area contributed by atoms with E-state index in [0.717, 1.165) is 12.5 Å². The van der Waals surface area contributed by atoms with Gasteiger partial charge in [-0.3, -0.25) is 9.79 Å². The van der Waals surface area contributed by atoms with Crippen molar-refractivity contribution in [2.24, 2.45) is 4.99 Å². The van der Waals surface area contributed by atoms with E-state index in [9.17, 15) is 4.79 Å². The van der Waals surface area contributed by atoms with Crippen LogP contribution in [0.15, 0.2) is 29.3 Å². The Morgan fingerprint density at radius 2 is 2.00 bits per heavy atom. The number of anilines is 1. The number of hydrogen-bond donors (Lipinski definition) is 1. The van der Waals surface area contributed by atoms with Crippen LogP contribution in [-0.2, 0) is 10.2 Å². The smallest absolute Gasteiger partial charge is 0.241 e. The Balaban J connectivity index is 1.84. The van der Waals surface area contributed by atoms with Gasteiger partial charge in [0.05, 0.1) is 6.54 Å². The molecule has 5 heteroatoms. The van der Waals surface area contributed by atoms with Crippen LogP contribution in [-0.4, -0.2) is 51.0 Å². The lowest BCUT2D eigenvalue weighted by molar-refractivity contribution is -0.127. The van der Waals surface area contributed by atoms with Gasteiger partial charge in [0.1, 0.15) is 0 Å². The number of aliphatic imine (C=N–C) groups is 1. The fraction of sp³-hybridized carbons (Fsp3) is 0.556. The third kappa shape index (κ3) is 2.80. The molecule has 1 heterocycles. The normalized spacial score (nSPS) is 19.1. The molecule has 1 spiro atoms. The summed E-state index contributed by atoms with van der Waals surface area (Å²) in [5.74, 6) is 0.839. The number of rotatable bonds is 2. The number of carbonyl (C=O) groups is 1. The number of likely N-dealkylation sites (N-methyl/N-ethyl adjacent to an activating group) is 1. The van der Waals surface area contributed by atoms with Gasteiger partial charge in [-0.15, -0.1) is 0 Å². The van der Waals surface area contributed by atoms with Crippen LogP contribution in [0.2, 0.25) is 0 Å². The van der Waals surface area contributed by atoms with Crippen LogP contribution >= 0.6 is 0 Å². The maximum absolute atomic E-state index is 11.9. The molecular weight excluding hydrogens is 288 g/mol. The Kier molecular flexibility index (Phi) is 4.28. The highest BCUT2D eigenvalue weighted by molar-refractivity contribution is 6.00. The summed E-state index contributed by atoms with van der Waals surface area (Å²) in [4.78, 5) is 20.1. The molecule has 1 aliphatic carbocycles. The lowest BCUT2D eigenvalue weighted by atomic mass is 9.81. The number of amides is 1. The highest BCUT2D eigenvalue weighted by atomic mass is 16.2. The molecule has 0 saturated heterocycles. The van der Waals surface area contributed by atoms with Crippen molar-refractivity contribution in [3.05, 3.63) is 29.8 Å². The van der Waals surface area contributed by atoms with Gasteiger partial charge in [0, 0.05) is 38.8 Å². The molecular formula is C18H26N4O. The van der Waals surface area contributed by atoms with Crippen LogP contribution < -0.4 is 10.2 Å². The first kappa shape index (κ1) is 15.8. The van der Waals surface area contributed by atoms with Gasteiger partial charge in [-0.2, -0.15) is 0 Å². The molecule has 124 valence electrons. The second-order valence-corrected chi connectivity index (χ2v) is 6.78. The third-order valence-corrected chi connectivity index (χ3v) is 5.15. The summed E-state index contributed by atoms with van der Waals surface area (Å²) >= 11 is 0. The molecule has 1 aromatic rings. The van der Waals surface area contributed by atoms with E-state index in [2.05, 4.69) is 39.5 Å². The number of fused-ring (bicyclic) bond motifs is 2. The summed E-state index contributed by atoms with van der Waals surface area (Å²) in [5, 5.41) is 3.22. The molecule has 0 atom stereocenters. The first-order valence-electron chi connectivity index (χ1n) is 8.35. The number of benzene rings is 1. The minimum atomic E-state index is 0.0502. The average molecular weight is 314 g/mol.